The third-order valence-corrected chi connectivity index (χ3v) is 3.55. The van der Waals surface area contributed by atoms with E-state index in [-0.39, 0.29) is 5.92 Å². The minimum absolute atomic E-state index is 0.123. The predicted molar refractivity (Wildman–Crippen MR) is 73.4 cm³/mol. The standard InChI is InChI=1S/C14H9ClN3O/c15-8-5-6-12-11(7-8)18-13(16)9-3-1-2-4-10(9)17-14(18)19-12/h1-7,9,16H/q+1. The number of halogens is 1. The van der Waals surface area contributed by atoms with Gasteiger partial charge in [0, 0.05) is 11.1 Å². The van der Waals surface area contributed by atoms with Crippen LogP contribution in [0.5, 0.6) is 0 Å². The summed E-state index contributed by atoms with van der Waals surface area (Å²) >= 11 is 6.02. The van der Waals surface area contributed by atoms with E-state index >= 15 is 0 Å². The summed E-state index contributed by atoms with van der Waals surface area (Å²) in [5.74, 6) is 0.309. The normalized spacial score (nSPS) is 20.4. The van der Waals surface area contributed by atoms with Gasteiger partial charge in [0.1, 0.15) is 11.6 Å². The van der Waals surface area contributed by atoms with E-state index in [2.05, 4.69) is 4.99 Å². The second-order valence-electron chi connectivity index (χ2n) is 4.48. The topological polar surface area (TPSA) is 53.2 Å². The summed E-state index contributed by atoms with van der Waals surface area (Å²) in [6, 6.07) is 5.78. The van der Waals surface area contributed by atoms with Gasteiger partial charge in [-0.25, -0.2) is 0 Å². The predicted octanol–water partition coefficient (Wildman–Crippen LogP) is 3.03. The van der Waals surface area contributed by atoms with Gasteiger partial charge in [-0.3, -0.25) is 0 Å². The fraction of sp³-hybridized carbons (Fsp3) is 0.0714. The number of hydrogen-bond donors (Lipinski definition) is 1. The maximum absolute atomic E-state index is 8.36. The van der Waals surface area contributed by atoms with E-state index in [4.69, 9.17) is 21.4 Å². The number of aliphatic imine (C=N–C) groups is 1. The number of oxazole rings is 1. The molecule has 0 spiro atoms. The first-order valence-corrected chi connectivity index (χ1v) is 6.28. The van der Waals surface area contributed by atoms with Crippen LogP contribution in [0.15, 0.2) is 51.9 Å². The fourth-order valence-electron chi connectivity index (χ4n) is 2.42. The molecule has 2 heterocycles. The van der Waals surface area contributed by atoms with Gasteiger partial charge in [0.2, 0.25) is 0 Å². The Hall–Kier alpha value is -2.20. The molecule has 1 aromatic carbocycles. The SMILES string of the molecule is N=C1C2C=CC=CC2=Nc2oc3ccc(Cl)cc3[n+]21. The third-order valence-electron chi connectivity index (χ3n) is 3.31. The Balaban J connectivity index is 2.06. The van der Waals surface area contributed by atoms with Crippen molar-refractivity contribution in [2.75, 3.05) is 0 Å². The average molecular weight is 271 g/mol. The van der Waals surface area contributed by atoms with Crippen LogP contribution in [-0.2, 0) is 0 Å². The quantitative estimate of drug-likeness (QED) is 0.735. The molecule has 1 atom stereocenters. The Bertz CT molecular complexity index is 813. The van der Waals surface area contributed by atoms with Crippen LogP contribution < -0.4 is 4.57 Å². The van der Waals surface area contributed by atoms with Crippen molar-refractivity contribution in [2.24, 2.45) is 10.9 Å². The number of rotatable bonds is 0. The zero-order valence-corrected chi connectivity index (χ0v) is 10.6. The highest BCUT2D eigenvalue weighted by atomic mass is 35.5. The Morgan fingerprint density at radius 1 is 1.32 bits per heavy atom. The molecule has 4 nitrogen and oxygen atoms in total. The molecule has 5 heteroatoms. The number of fused-ring (bicyclic) bond motifs is 4. The van der Waals surface area contributed by atoms with Crippen molar-refractivity contribution >= 4 is 40.3 Å². The Morgan fingerprint density at radius 2 is 2.21 bits per heavy atom. The number of nitrogens with one attached hydrogen (secondary N) is 1. The number of aromatic nitrogens is 1. The fourth-order valence-corrected chi connectivity index (χ4v) is 2.59. The molecular weight excluding hydrogens is 262 g/mol. The van der Waals surface area contributed by atoms with Crippen molar-refractivity contribution in [3.05, 3.63) is 47.5 Å². The van der Waals surface area contributed by atoms with Crippen LogP contribution in [-0.4, -0.2) is 11.5 Å². The zero-order valence-electron chi connectivity index (χ0n) is 9.80. The van der Waals surface area contributed by atoms with Gasteiger partial charge >= 0.3 is 6.01 Å². The third kappa shape index (κ3) is 1.43. The maximum atomic E-state index is 8.36. The van der Waals surface area contributed by atoms with Crippen molar-refractivity contribution in [1.29, 1.82) is 5.41 Å². The molecule has 0 fully saturated rings. The zero-order chi connectivity index (χ0) is 13.0. The van der Waals surface area contributed by atoms with Crippen molar-refractivity contribution in [2.45, 2.75) is 0 Å². The van der Waals surface area contributed by atoms with E-state index in [0.29, 0.717) is 22.5 Å². The van der Waals surface area contributed by atoms with E-state index in [0.717, 1.165) is 11.2 Å². The second-order valence-corrected chi connectivity index (χ2v) is 4.91. The first kappa shape index (κ1) is 10.7. The van der Waals surface area contributed by atoms with Crippen LogP contribution in [0.25, 0.3) is 11.1 Å². The van der Waals surface area contributed by atoms with Crippen LogP contribution in [0.4, 0.5) is 6.01 Å². The molecule has 2 aliphatic rings. The maximum Gasteiger partial charge on any atom is 0.445 e. The number of nitrogens with zero attached hydrogens (tertiary/aromatic N) is 2. The smallest absolute Gasteiger partial charge is 0.397 e. The lowest BCUT2D eigenvalue weighted by Gasteiger charge is -2.14. The molecule has 1 aromatic heterocycles. The monoisotopic (exact) mass is 270 g/mol. The summed E-state index contributed by atoms with van der Waals surface area (Å²) in [5.41, 5.74) is 2.29. The molecular formula is C14H9ClN3O+. The summed E-state index contributed by atoms with van der Waals surface area (Å²) in [6.07, 6.45) is 7.71. The molecule has 0 bridgehead atoms. The molecule has 2 aromatic rings. The highest BCUT2D eigenvalue weighted by molar-refractivity contribution is 6.31. The van der Waals surface area contributed by atoms with E-state index in [1.807, 2.05) is 24.3 Å². The molecule has 0 saturated heterocycles. The number of hydrogen-bond acceptors (Lipinski definition) is 3. The molecule has 1 aliphatic carbocycles. The summed E-state index contributed by atoms with van der Waals surface area (Å²) in [4.78, 5) is 4.48. The molecule has 0 amide bonds. The lowest BCUT2D eigenvalue weighted by molar-refractivity contribution is -0.522. The van der Waals surface area contributed by atoms with E-state index in [1.165, 1.54) is 0 Å². The van der Waals surface area contributed by atoms with E-state index in [1.54, 1.807) is 22.8 Å². The minimum atomic E-state index is -0.123. The lowest BCUT2D eigenvalue weighted by Crippen LogP contribution is -2.50. The van der Waals surface area contributed by atoms with Crippen LogP contribution in [0.2, 0.25) is 5.02 Å². The second kappa shape index (κ2) is 3.65. The van der Waals surface area contributed by atoms with Crippen LogP contribution in [0.3, 0.4) is 0 Å². The summed E-state index contributed by atoms with van der Waals surface area (Å²) < 4.78 is 7.39. The van der Waals surface area contributed by atoms with Gasteiger partial charge in [-0.2, -0.15) is 9.98 Å². The Labute approximate surface area is 113 Å². The molecule has 4 rings (SSSR count). The lowest BCUT2D eigenvalue weighted by atomic mass is 9.96. The minimum Gasteiger partial charge on any atom is -0.397 e. The van der Waals surface area contributed by atoms with Gasteiger partial charge in [-0.1, -0.05) is 34.8 Å². The van der Waals surface area contributed by atoms with Gasteiger partial charge in [-0.05, 0) is 18.2 Å². The van der Waals surface area contributed by atoms with Crippen LogP contribution in [0.1, 0.15) is 0 Å². The van der Waals surface area contributed by atoms with Crippen molar-refractivity contribution in [3.63, 3.8) is 0 Å². The van der Waals surface area contributed by atoms with E-state index in [9.17, 15) is 0 Å². The van der Waals surface area contributed by atoms with Crippen LogP contribution in [0, 0.1) is 11.3 Å². The molecule has 19 heavy (non-hydrogen) atoms. The average Bonchev–Trinajstić information content (AvgIpc) is 2.76. The largest absolute Gasteiger partial charge is 0.445 e. The first-order valence-electron chi connectivity index (χ1n) is 5.90. The van der Waals surface area contributed by atoms with Gasteiger partial charge in [-0.15, -0.1) is 0 Å². The molecule has 0 radical (unpaired) electrons. The Kier molecular flexibility index (Phi) is 2.05. The van der Waals surface area contributed by atoms with Crippen molar-refractivity contribution < 1.29 is 8.98 Å². The number of benzene rings is 1. The highest BCUT2D eigenvalue weighted by Crippen LogP contribution is 2.27. The first-order chi connectivity index (χ1) is 9.24. The molecule has 92 valence electrons. The summed E-state index contributed by atoms with van der Waals surface area (Å²) in [6.45, 7) is 0. The van der Waals surface area contributed by atoms with E-state index < -0.39 is 0 Å². The molecule has 1 aliphatic heterocycles. The van der Waals surface area contributed by atoms with Crippen LogP contribution >= 0.6 is 11.6 Å². The van der Waals surface area contributed by atoms with Gasteiger partial charge in [0.05, 0.1) is 0 Å². The molecule has 1 N–H and O–H groups in total. The highest BCUT2D eigenvalue weighted by Gasteiger charge is 2.37. The van der Waals surface area contributed by atoms with Crippen molar-refractivity contribution in [1.82, 2.24) is 0 Å². The summed E-state index contributed by atoms with van der Waals surface area (Å²) in [7, 11) is 0. The van der Waals surface area contributed by atoms with Crippen molar-refractivity contribution in [3.8, 4) is 0 Å². The van der Waals surface area contributed by atoms with Gasteiger partial charge in [0.25, 0.3) is 5.84 Å². The summed E-state index contributed by atoms with van der Waals surface area (Å²) in [5, 5.41) is 8.97. The van der Waals surface area contributed by atoms with Gasteiger partial charge in [0.15, 0.2) is 11.1 Å². The van der Waals surface area contributed by atoms with Gasteiger partial charge < -0.3 is 4.42 Å². The molecule has 1 unspecified atom stereocenters. The number of allylic oxidation sites excluding steroid dienone is 4. The molecule has 0 saturated carbocycles. The Morgan fingerprint density at radius 3 is 3.11 bits per heavy atom.